The number of benzene rings is 1. The zero-order chi connectivity index (χ0) is 26.9. The molecule has 2 aromatic heterocycles. The lowest BCUT2D eigenvalue weighted by atomic mass is 9.94. The second kappa shape index (κ2) is 13.9. The van der Waals surface area contributed by atoms with Crippen LogP contribution in [0.3, 0.4) is 0 Å². The zero-order valence-electron chi connectivity index (χ0n) is 23.3. The standard InChI is InChI=1S/C32H42N4O3/c1-2-3-18-39-31(37)22-28(27-6-4-8-30(21-27)36-16-19-38-20-17-36)24-35-15-13-25(23-35)9-11-29-12-10-26-7-5-14-33-32(26)34-29/h4-8,10,12,14,21,25,28H,2-3,9,11,13,15-20,22-24H2,1H3. The van der Waals surface area contributed by atoms with Gasteiger partial charge in [0.25, 0.3) is 0 Å². The number of carbonyl (C=O) groups is 1. The minimum absolute atomic E-state index is 0.0861. The lowest BCUT2D eigenvalue weighted by Gasteiger charge is -2.30. The largest absolute Gasteiger partial charge is 0.466 e. The number of unbranched alkanes of at least 4 members (excludes halogenated alkanes) is 1. The number of morpholine rings is 1. The highest BCUT2D eigenvalue weighted by Crippen LogP contribution is 2.30. The van der Waals surface area contributed by atoms with Gasteiger partial charge in [-0.25, -0.2) is 9.97 Å². The van der Waals surface area contributed by atoms with Gasteiger partial charge in [-0.3, -0.25) is 4.79 Å². The third kappa shape index (κ3) is 7.76. The quantitative estimate of drug-likeness (QED) is 0.234. The second-order valence-electron chi connectivity index (χ2n) is 11.0. The van der Waals surface area contributed by atoms with Crippen molar-refractivity contribution >= 4 is 22.7 Å². The smallest absolute Gasteiger partial charge is 0.306 e. The molecule has 2 unspecified atom stereocenters. The molecule has 39 heavy (non-hydrogen) atoms. The van der Waals surface area contributed by atoms with Gasteiger partial charge in [0.1, 0.15) is 0 Å². The lowest BCUT2D eigenvalue weighted by molar-refractivity contribution is -0.144. The molecule has 2 atom stereocenters. The summed E-state index contributed by atoms with van der Waals surface area (Å²) in [6.45, 7) is 8.98. The number of aromatic nitrogens is 2. The van der Waals surface area contributed by atoms with Crippen molar-refractivity contribution in [3.8, 4) is 0 Å². The first kappa shape index (κ1) is 27.5. The molecule has 3 aromatic rings. The van der Waals surface area contributed by atoms with Crippen LogP contribution in [0.25, 0.3) is 11.0 Å². The van der Waals surface area contributed by atoms with Gasteiger partial charge in [0, 0.05) is 55.1 Å². The highest BCUT2D eigenvalue weighted by atomic mass is 16.5. The number of carbonyl (C=O) groups excluding carboxylic acids is 1. The summed E-state index contributed by atoms with van der Waals surface area (Å²) in [5.41, 5.74) is 4.39. The molecule has 1 aromatic carbocycles. The van der Waals surface area contributed by atoms with E-state index in [1.165, 1.54) is 17.7 Å². The van der Waals surface area contributed by atoms with Crippen molar-refractivity contribution in [2.24, 2.45) is 5.92 Å². The number of ether oxygens (including phenoxy) is 2. The van der Waals surface area contributed by atoms with Crippen molar-refractivity contribution in [3.05, 3.63) is 66.0 Å². The maximum atomic E-state index is 12.8. The monoisotopic (exact) mass is 530 g/mol. The Hall–Kier alpha value is -3.03. The minimum Gasteiger partial charge on any atom is -0.466 e. The van der Waals surface area contributed by atoms with E-state index in [9.17, 15) is 4.79 Å². The van der Waals surface area contributed by atoms with Crippen molar-refractivity contribution in [1.82, 2.24) is 14.9 Å². The Morgan fingerprint density at radius 1 is 1.13 bits per heavy atom. The van der Waals surface area contributed by atoms with Crippen LogP contribution in [-0.4, -0.2) is 73.4 Å². The van der Waals surface area contributed by atoms with E-state index < -0.39 is 0 Å². The maximum Gasteiger partial charge on any atom is 0.306 e. The molecule has 0 spiro atoms. The molecule has 0 amide bonds. The van der Waals surface area contributed by atoms with E-state index in [1.54, 1.807) is 6.20 Å². The van der Waals surface area contributed by atoms with Crippen LogP contribution in [-0.2, 0) is 20.7 Å². The summed E-state index contributed by atoms with van der Waals surface area (Å²) < 4.78 is 11.1. The number of esters is 1. The van der Waals surface area contributed by atoms with E-state index in [4.69, 9.17) is 14.5 Å². The van der Waals surface area contributed by atoms with E-state index in [1.807, 2.05) is 6.07 Å². The average molecular weight is 531 g/mol. The SMILES string of the molecule is CCCCOC(=O)CC(CN1CCC(CCc2ccc3cccnc3n2)C1)c1cccc(N2CCOCC2)c1. The topological polar surface area (TPSA) is 67.8 Å². The molecular formula is C32H42N4O3. The molecule has 0 N–H and O–H groups in total. The Labute approximate surface area is 232 Å². The number of pyridine rings is 2. The van der Waals surface area contributed by atoms with E-state index >= 15 is 0 Å². The predicted octanol–water partition coefficient (Wildman–Crippen LogP) is 5.24. The van der Waals surface area contributed by atoms with Crippen LogP contribution in [0.4, 0.5) is 5.69 Å². The van der Waals surface area contributed by atoms with Crippen LogP contribution >= 0.6 is 0 Å². The van der Waals surface area contributed by atoms with Crippen LogP contribution in [0.2, 0.25) is 0 Å². The van der Waals surface area contributed by atoms with Gasteiger partial charge < -0.3 is 19.3 Å². The van der Waals surface area contributed by atoms with Gasteiger partial charge in [0.15, 0.2) is 5.65 Å². The fourth-order valence-electron chi connectivity index (χ4n) is 5.78. The normalized spacial score (nSPS) is 18.9. The number of rotatable bonds is 12. The molecule has 0 bridgehead atoms. The van der Waals surface area contributed by atoms with Crippen molar-refractivity contribution in [3.63, 3.8) is 0 Å². The summed E-state index contributed by atoms with van der Waals surface area (Å²) in [5.74, 6) is 0.673. The van der Waals surface area contributed by atoms with E-state index in [0.29, 0.717) is 18.9 Å². The molecule has 2 saturated heterocycles. The zero-order valence-corrected chi connectivity index (χ0v) is 23.3. The minimum atomic E-state index is -0.0861. The fraction of sp³-hybridized carbons (Fsp3) is 0.531. The number of nitrogens with zero attached hydrogens (tertiary/aromatic N) is 4. The molecule has 2 fully saturated rings. The fourth-order valence-corrected chi connectivity index (χ4v) is 5.78. The second-order valence-corrected chi connectivity index (χ2v) is 11.0. The predicted molar refractivity (Wildman–Crippen MR) is 155 cm³/mol. The van der Waals surface area contributed by atoms with Crippen molar-refractivity contribution < 1.29 is 14.3 Å². The molecule has 0 aliphatic carbocycles. The number of hydrogen-bond acceptors (Lipinski definition) is 7. The van der Waals surface area contributed by atoms with Crippen LogP contribution in [0.1, 0.15) is 56.2 Å². The van der Waals surface area contributed by atoms with E-state index in [0.717, 1.165) is 88.3 Å². The van der Waals surface area contributed by atoms with Gasteiger partial charge in [0.05, 0.1) is 26.2 Å². The third-order valence-electron chi connectivity index (χ3n) is 8.07. The van der Waals surface area contributed by atoms with Crippen molar-refractivity contribution in [2.45, 2.75) is 51.4 Å². The average Bonchev–Trinajstić information content (AvgIpc) is 3.43. The molecule has 2 aliphatic rings. The molecule has 2 aliphatic heterocycles. The first-order valence-corrected chi connectivity index (χ1v) is 14.7. The molecule has 7 heteroatoms. The Morgan fingerprint density at radius 2 is 2.03 bits per heavy atom. The molecule has 7 nitrogen and oxygen atoms in total. The number of hydrogen-bond donors (Lipinski definition) is 0. The molecular weight excluding hydrogens is 488 g/mol. The molecule has 0 saturated carbocycles. The van der Waals surface area contributed by atoms with Gasteiger partial charge in [-0.15, -0.1) is 0 Å². The van der Waals surface area contributed by atoms with Gasteiger partial charge in [-0.05, 0) is 80.1 Å². The van der Waals surface area contributed by atoms with Crippen molar-refractivity contribution in [1.29, 1.82) is 0 Å². The number of anilines is 1. The first-order valence-electron chi connectivity index (χ1n) is 14.7. The van der Waals surface area contributed by atoms with Gasteiger partial charge in [-0.2, -0.15) is 0 Å². The van der Waals surface area contributed by atoms with Crippen molar-refractivity contribution in [2.75, 3.05) is 57.4 Å². The number of fused-ring (bicyclic) bond motifs is 1. The maximum absolute atomic E-state index is 12.8. The summed E-state index contributed by atoms with van der Waals surface area (Å²) in [6, 6.07) is 17.0. The Balaban J connectivity index is 1.21. The van der Waals surface area contributed by atoms with Gasteiger partial charge >= 0.3 is 5.97 Å². The van der Waals surface area contributed by atoms with E-state index in [-0.39, 0.29) is 11.9 Å². The van der Waals surface area contributed by atoms with Crippen LogP contribution in [0.5, 0.6) is 0 Å². The van der Waals surface area contributed by atoms with Crippen LogP contribution in [0, 0.1) is 5.92 Å². The number of likely N-dealkylation sites (tertiary alicyclic amines) is 1. The molecule has 208 valence electrons. The van der Waals surface area contributed by atoms with Crippen LogP contribution in [0.15, 0.2) is 54.7 Å². The third-order valence-corrected chi connectivity index (χ3v) is 8.07. The summed E-state index contributed by atoms with van der Waals surface area (Å²) in [4.78, 5) is 26.9. The molecule has 0 radical (unpaired) electrons. The first-order chi connectivity index (χ1) is 19.2. The van der Waals surface area contributed by atoms with E-state index in [2.05, 4.69) is 64.2 Å². The summed E-state index contributed by atoms with van der Waals surface area (Å²) in [6.07, 6.45) is 7.45. The summed E-state index contributed by atoms with van der Waals surface area (Å²) >= 11 is 0. The Kier molecular flexibility index (Phi) is 9.78. The summed E-state index contributed by atoms with van der Waals surface area (Å²) in [7, 11) is 0. The van der Waals surface area contributed by atoms with Gasteiger partial charge in [0.2, 0.25) is 0 Å². The summed E-state index contributed by atoms with van der Waals surface area (Å²) in [5, 5.41) is 1.09. The van der Waals surface area contributed by atoms with Crippen LogP contribution < -0.4 is 4.90 Å². The Bertz CT molecular complexity index is 1210. The van der Waals surface area contributed by atoms with Gasteiger partial charge in [-0.1, -0.05) is 25.5 Å². The lowest BCUT2D eigenvalue weighted by Crippen LogP contribution is -2.36. The highest BCUT2D eigenvalue weighted by Gasteiger charge is 2.27. The molecule has 4 heterocycles. The number of aryl methyl sites for hydroxylation is 1. The highest BCUT2D eigenvalue weighted by molar-refractivity contribution is 5.74. The molecule has 5 rings (SSSR count). The Morgan fingerprint density at radius 3 is 2.90 bits per heavy atom.